The van der Waals surface area contributed by atoms with Gasteiger partial charge in [0.05, 0.1) is 0 Å². The number of halogens is 1. The zero-order valence-corrected chi connectivity index (χ0v) is 10.4. The van der Waals surface area contributed by atoms with Gasteiger partial charge in [-0.1, -0.05) is 31.0 Å². The van der Waals surface area contributed by atoms with Gasteiger partial charge in [0.15, 0.2) is 0 Å². The Morgan fingerprint density at radius 3 is 2.88 bits per heavy atom. The smallest absolute Gasteiger partial charge is 0.0408 e. The molecule has 3 atom stereocenters. The number of nitrogens with one attached hydrogen (secondary N) is 1. The Labute approximate surface area is 102 Å². The van der Waals surface area contributed by atoms with Crippen LogP contribution < -0.4 is 5.32 Å². The number of fused-ring (bicyclic) bond motifs is 1. The molecule has 1 fully saturated rings. The first-order valence-corrected chi connectivity index (χ1v) is 6.67. The van der Waals surface area contributed by atoms with Crippen molar-refractivity contribution in [2.45, 2.75) is 44.7 Å². The second-order valence-electron chi connectivity index (χ2n) is 5.20. The van der Waals surface area contributed by atoms with E-state index < -0.39 is 0 Å². The second-order valence-corrected chi connectivity index (χ2v) is 5.63. The van der Waals surface area contributed by atoms with Crippen molar-refractivity contribution in [3.63, 3.8) is 0 Å². The molecule has 1 aromatic carbocycles. The monoisotopic (exact) mass is 235 g/mol. The molecular weight excluding hydrogens is 218 g/mol. The molecule has 0 radical (unpaired) electrons. The molecule has 0 aromatic heterocycles. The summed E-state index contributed by atoms with van der Waals surface area (Å²) in [4.78, 5) is 0. The predicted octanol–water partition coefficient (Wildman–Crippen LogP) is 3.20. The van der Waals surface area contributed by atoms with Gasteiger partial charge in [0.2, 0.25) is 0 Å². The van der Waals surface area contributed by atoms with Crippen LogP contribution in [-0.4, -0.2) is 12.1 Å². The van der Waals surface area contributed by atoms with Gasteiger partial charge in [-0.2, -0.15) is 0 Å². The highest BCUT2D eigenvalue weighted by Gasteiger charge is 2.37. The maximum atomic E-state index is 6.01. The van der Waals surface area contributed by atoms with Crippen molar-refractivity contribution in [1.29, 1.82) is 0 Å². The highest BCUT2D eigenvalue weighted by atomic mass is 35.5. The molecule has 0 heterocycles. The molecule has 3 rings (SSSR count). The van der Waals surface area contributed by atoms with Gasteiger partial charge in [0.25, 0.3) is 0 Å². The van der Waals surface area contributed by atoms with Crippen molar-refractivity contribution in [2.24, 2.45) is 5.92 Å². The molecule has 0 amide bonds. The van der Waals surface area contributed by atoms with Crippen LogP contribution >= 0.6 is 11.6 Å². The van der Waals surface area contributed by atoms with Gasteiger partial charge in [-0.15, -0.1) is 0 Å². The number of hydrogen-bond acceptors (Lipinski definition) is 1. The summed E-state index contributed by atoms with van der Waals surface area (Å²) in [5, 5.41) is 4.65. The zero-order chi connectivity index (χ0) is 11.1. The lowest BCUT2D eigenvalue weighted by molar-refractivity contribution is 0.506. The summed E-state index contributed by atoms with van der Waals surface area (Å²) in [5.41, 5.74) is 2.93. The molecule has 0 spiro atoms. The van der Waals surface area contributed by atoms with E-state index >= 15 is 0 Å². The molecule has 16 heavy (non-hydrogen) atoms. The second kappa shape index (κ2) is 4.05. The third-order valence-electron chi connectivity index (χ3n) is 4.00. The lowest BCUT2D eigenvalue weighted by atomic mass is 10.1. The van der Waals surface area contributed by atoms with E-state index in [0.717, 1.165) is 23.4 Å². The van der Waals surface area contributed by atoms with Crippen LogP contribution in [0.1, 0.15) is 30.9 Å². The van der Waals surface area contributed by atoms with Crippen LogP contribution in [0.3, 0.4) is 0 Å². The molecule has 2 heteroatoms. The third-order valence-corrected chi connectivity index (χ3v) is 4.23. The Balaban J connectivity index is 1.63. The maximum Gasteiger partial charge on any atom is 0.0408 e. The quantitative estimate of drug-likeness (QED) is 0.849. The lowest BCUT2D eigenvalue weighted by Crippen LogP contribution is -2.32. The number of hydrogen-bond donors (Lipinski definition) is 1. The fraction of sp³-hybridized carbons (Fsp3) is 0.571. The molecule has 0 bridgehead atoms. The van der Waals surface area contributed by atoms with Crippen molar-refractivity contribution in [3.8, 4) is 0 Å². The Morgan fingerprint density at radius 1 is 1.31 bits per heavy atom. The highest BCUT2D eigenvalue weighted by molar-refractivity contribution is 6.30. The normalized spacial score (nSPS) is 31.5. The first-order chi connectivity index (χ1) is 7.76. The van der Waals surface area contributed by atoms with Crippen LogP contribution in [0.15, 0.2) is 18.2 Å². The summed E-state index contributed by atoms with van der Waals surface area (Å²) in [6, 6.07) is 7.76. The van der Waals surface area contributed by atoms with Crippen molar-refractivity contribution >= 4 is 11.6 Å². The fourth-order valence-corrected chi connectivity index (χ4v) is 3.10. The van der Waals surface area contributed by atoms with Gasteiger partial charge in [-0.25, -0.2) is 0 Å². The van der Waals surface area contributed by atoms with Crippen molar-refractivity contribution in [3.05, 3.63) is 34.3 Å². The summed E-state index contributed by atoms with van der Waals surface area (Å²) in [6.07, 6.45) is 5.04. The van der Waals surface area contributed by atoms with Gasteiger partial charge in [0.1, 0.15) is 0 Å². The van der Waals surface area contributed by atoms with Crippen LogP contribution in [0.25, 0.3) is 0 Å². The van der Waals surface area contributed by atoms with Crippen LogP contribution in [0, 0.1) is 5.92 Å². The number of rotatable bonds is 3. The van der Waals surface area contributed by atoms with Gasteiger partial charge < -0.3 is 5.32 Å². The van der Waals surface area contributed by atoms with Crippen LogP contribution in [0.4, 0.5) is 0 Å². The average Bonchev–Trinajstić information content (AvgIpc) is 2.88. The molecule has 3 unspecified atom stereocenters. The van der Waals surface area contributed by atoms with E-state index in [1.165, 1.54) is 30.4 Å². The fourth-order valence-electron chi connectivity index (χ4n) is 2.91. The zero-order valence-electron chi connectivity index (χ0n) is 9.67. The molecule has 2 aliphatic rings. The third kappa shape index (κ3) is 1.99. The van der Waals surface area contributed by atoms with E-state index in [-0.39, 0.29) is 0 Å². The van der Waals surface area contributed by atoms with Gasteiger partial charge in [-0.05, 0) is 48.4 Å². The Hall–Kier alpha value is -0.530. The first-order valence-electron chi connectivity index (χ1n) is 6.29. The van der Waals surface area contributed by atoms with Crippen LogP contribution in [-0.2, 0) is 12.8 Å². The Morgan fingerprint density at radius 2 is 2.12 bits per heavy atom. The molecule has 1 nitrogen and oxygen atoms in total. The molecule has 1 aromatic rings. The summed E-state index contributed by atoms with van der Waals surface area (Å²) < 4.78 is 0. The molecule has 0 saturated heterocycles. The van der Waals surface area contributed by atoms with Crippen LogP contribution in [0.2, 0.25) is 5.02 Å². The summed E-state index contributed by atoms with van der Waals surface area (Å²) in [7, 11) is 0. The Bertz CT molecular complexity index is 402. The van der Waals surface area contributed by atoms with Crippen molar-refractivity contribution < 1.29 is 0 Å². The molecule has 0 aliphatic heterocycles. The minimum absolute atomic E-state index is 0.648. The van der Waals surface area contributed by atoms with Crippen LogP contribution in [0.5, 0.6) is 0 Å². The van der Waals surface area contributed by atoms with Crippen molar-refractivity contribution in [2.75, 3.05) is 0 Å². The van der Waals surface area contributed by atoms with Gasteiger partial charge >= 0.3 is 0 Å². The van der Waals surface area contributed by atoms with Gasteiger partial charge in [-0.3, -0.25) is 0 Å². The van der Waals surface area contributed by atoms with E-state index in [2.05, 4.69) is 24.4 Å². The largest absolute Gasteiger partial charge is 0.310 e. The van der Waals surface area contributed by atoms with E-state index in [9.17, 15) is 0 Å². The first kappa shape index (κ1) is 10.6. The standard InChI is InChI=1S/C14H18ClN/c1-2-9-8-14(9)16-13-6-10-3-4-12(15)5-11(10)7-13/h3-5,9,13-14,16H,2,6-8H2,1H3. The topological polar surface area (TPSA) is 12.0 Å². The summed E-state index contributed by atoms with van der Waals surface area (Å²) >= 11 is 6.01. The minimum atomic E-state index is 0.648. The molecule has 86 valence electrons. The molecular formula is C14H18ClN. The average molecular weight is 236 g/mol. The van der Waals surface area contributed by atoms with E-state index in [4.69, 9.17) is 11.6 Å². The summed E-state index contributed by atoms with van der Waals surface area (Å²) in [6.45, 7) is 2.29. The summed E-state index contributed by atoms with van der Waals surface area (Å²) in [5.74, 6) is 0.937. The Kier molecular flexibility index (Phi) is 2.68. The van der Waals surface area contributed by atoms with Gasteiger partial charge in [0, 0.05) is 17.1 Å². The number of benzene rings is 1. The predicted molar refractivity (Wildman–Crippen MR) is 68.0 cm³/mol. The molecule has 1 saturated carbocycles. The van der Waals surface area contributed by atoms with Crippen molar-refractivity contribution in [1.82, 2.24) is 5.32 Å². The molecule has 1 N–H and O–H groups in total. The van der Waals surface area contributed by atoms with E-state index in [0.29, 0.717) is 6.04 Å². The maximum absolute atomic E-state index is 6.01. The molecule has 2 aliphatic carbocycles. The SMILES string of the molecule is CCC1CC1NC1Cc2ccc(Cl)cc2C1. The minimum Gasteiger partial charge on any atom is -0.310 e. The highest BCUT2D eigenvalue weighted by Crippen LogP contribution is 2.35. The lowest BCUT2D eigenvalue weighted by Gasteiger charge is -2.11. The van der Waals surface area contributed by atoms with E-state index in [1.807, 2.05) is 6.07 Å². The van der Waals surface area contributed by atoms with E-state index in [1.54, 1.807) is 0 Å².